The molecule has 9 heteroatoms. The number of carbonyl (C=O) groups excluding carboxylic acids is 2. The zero-order valence-corrected chi connectivity index (χ0v) is 15.4. The van der Waals surface area contributed by atoms with Crippen LogP contribution in [0.3, 0.4) is 0 Å². The lowest BCUT2D eigenvalue weighted by Gasteiger charge is -2.12. The Kier molecular flexibility index (Phi) is 5.22. The van der Waals surface area contributed by atoms with Gasteiger partial charge in [0.1, 0.15) is 11.6 Å². The Balaban J connectivity index is 1.73. The highest BCUT2D eigenvalue weighted by molar-refractivity contribution is 7.71. The third-order valence-corrected chi connectivity index (χ3v) is 4.01. The maximum Gasteiger partial charge on any atom is 0.259 e. The number of nitrogens with zero attached hydrogens (tertiary/aromatic N) is 1. The maximum atomic E-state index is 13.8. The smallest absolute Gasteiger partial charge is 0.259 e. The molecule has 2 aromatic carbocycles. The number of imidazole rings is 1. The number of aromatic amines is 2. The molecule has 3 aromatic rings. The first-order chi connectivity index (χ1) is 12.8. The number of hydrogen-bond donors (Lipinski definition) is 3. The number of H-pyrrole nitrogens is 2. The molecule has 0 saturated carbocycles. The van der Waals surface area contributed by atoms with Gasteiger partial charge in [-0.1, -0.05) is 0 Å². The fraction of sp³-hybridized carbons (Fsp3) is 0.167. The predicted octanol–water partition coefficient (Wildman–Crippen LogP) is 3.08. The SMILES string of the molecule is CN(C)C(=O)COc1ccc(NC(=O)c2cc(F)cc3[nH]c(=S)[nH]c23)cc1. The largest absolute Gasteiger partial charge is 0.484 e. The van der Waals surface area contributed by atoms with Crippen LogP contribution in [0.25, 0.3) is 11.0 Å². The van der Waals surface area contributed by atoms with E-state index in [0.29, 0.717) is 27.2 Å². The molecule has 3 N–H and O–H groups in total. The highest BCUT2D eigenvalue weighted by Gasteiger charge is 2.14. The van der Waals surface area contributed by atoms with Crippen LogP contribution in [0.1, 0.15) is 10.4 Å². The van der Waals surface area contributed by atoms with Crippen molar-refractivity contribution in [1.29, 1.82) is 0 Å². The van der Waals surface area contributed by atoms with E-state index in [2.05, 4.69) is 15.3 Å². The topological polar surface area (TPSA) is 90.2 Å². The van der Waals surface area contributed by atoms with Gasteiger partial charge in [-0.3, -0.25) is 9.59 Å². The number of fused-ring (bicyclic) bond motifs is 1. The van der Waals surface area contributed by atoms with Crippen LogP contribution in [0, 0.1) is 10.6 Å². The number of halogens is 1. The van der Waals surface area contributed by atoms with Gasteiger partial charge in [0.05, 0.1) is 16.6 Å². The van der Waals surface area contributed by atoms with E-state index in [-0.39, 0.29) is 18.1 Å². The van der Waals surface area contributed by atoms with E-state index in [1.54, 1.807) is 38.4 Å². The average molecular weight is 388 g/mol. The molecule has 1 heterocycles. The first kappa shape index (κ1) is 18.6. The first-order valence-corrected chi connectivity index (χ1v) is 8.40. The van der Waals surface area contributed by atoms with Gasteiger partial charge in [0.15, 0.2) is 11.4 Å². The Bertz CT molecular complexity index is 1060. The van der Waals surface area contributed by atoms with Crippen molar-refractivity contribution in [3.63, 3.8) is 0 Å². The molecule has 0 unspecified atom stereocenters. The number of anilines is 1. The van der Waals surface area contributed by atoms with E-state index < -0.39 is 11.7 Å². The van der Waals surface area contributed by atoms with E-state index in [1.165, 1.54) is 11.0 Å². The van der Waals surface area contributed by atoms with Crippen molar-refractivity contribution in [3.05, 3.63) is 52.5 Å². The van der Waals surface area contributed by atoms with Gasteiger partial charge in [0, 0.05) is 19.8 Å². The summed E-state index contributed by atoms with van der Waals surface area (Å²) in [5.74, 6) is -0.703. The Morgan fingerprint density at radius 1 is 1.19 bits per heavy atom. The number of rotatable bonds is 5. The summed E-state index contributed by atoms with van der Waals surface area (Å²) in [6.45, 7) is -0.0767. The van der Waals surface area contributed by atoms with Gasteiger partial charge < -0.3 is 24.9 Å². The summed E-state index contributed by atoms with van der Waals surface area (Å²) in [4.78, 5) is 31.1. The van der Waals surface area contributed by atoms with Crippen LogP contribution in [-0.4, -0.2) is 47.4 Å². The number of ether oxygens (including phenoxy) is 1. The normalized spacial score (nSPS) is 10.6. The minimum atomic E-state index is -0.549. The van der Waals surface area contributed by atoms with Crippen molar-refractivity contribution in [2.75, 3.05) is 26.0 Å². The summed E-state index contributed by atoms with van der Waals surface area (Å²) in [6, 6.07) is 8.92. The number of nitrogens with one attached hydrogen (secondary N) is 3. The number of likely N-dealkylation sites (N-methyl/N-ethyl adjacent to an activating group) is 1. The van der Waals surface area contributed by atoms with Crippen molar-refractivity contribution in [2.45, 2.75) is 0 Å². The number of carbonyl (C=O) groups is 2. The van der Waals surface area contributed by atoms with Crippen LogP contribution in [0.5, 0.6) is 5.75 Å². The lowest BCUT2D eigenvalue weighted by molar-refractivity contribution is -0.130. The van der Waals surface area contributed by atoms with Gasteiger partial charge >= 0.3 is 0 Å². The van der Waals surface area contributed by atoms with E-state index in [1.807, 2.05) is 0 Å². The number of aromatic nitrogens is 2. The summed E-state index contributed by atoms with van der Waals surface area (Å²) in [5, 5.41) is 2.69. The molecule has 0 aliphatic rings. The molecule has 7 nitrogen and oxygen atoms in total. The van der Waals surface area contributed by atoms with Crippen molar-refractivity contribution in [1.82, 2.24) is 14.9 Å². The fourth-order valence-electron chi connectivity index (χ4n) is 2.39. The lowest BCUT2D eigenvalue weighted by atomic mass is 10.1. The standard InChI is InChI=1S/C18H17FN4O3S/c1-23(2)15(24)9-26-12-5-3-11(4-6-12)20-17(25)13-7-10(19)8-14-16(13)22-18(27)21-14/h3-8H,9H2,1-2H3,(H,20,25)(H2,21,22,27). The Morgan fingerprint density at radius 3 is 2.56 bits per heavy atom. The predicted molar refractivity (Wildman–Crippen MR) is 102 cm³/mol. The molecule has 0 fully saturated rings. The second-order valence-corrected chi connectivity index (χ2v) is 6.42. The van der Waals surface area contributed by atoms with Crippen molar-refractivity contribution >= 4 is 40.8 Å². The minimum Gasteiger partial charge on any atom is -0.484 e. The molecule has 0 atom stereocenters. The van der Waals surface area contributed by atoms with Crippen molar-refractivity contribution in [2.24, 2.45) is 0 Å². The van der Waals surface area contributed by atoms with Crippen LogP contribution in [0.4, 0.5) is 10.1 Å². The maximum absolute atomic E-state index is 13.8. The van der Waals surface area contributed by atoms with E-state index in [0.717, 1.165) is 6.07 Å². The zero-order valence-electron chi connectivity index (χ0n) is 14.6. The van der Waals surface area contributed by atoms with Crippen LogP contribution in [-0.2, 0) is 4.79 Å². The summed E-state index contributed by atoms with van der Waals surface area (Å²) < 4.78 is 19.4. The molecule has 1 aromatic heterocycles. The van der Waals surface area contributed by atoms with Crippen LogP contribution >= 0.6 is 12.2 Å². The highest BCUT2D eigenvalue weighted by Crippen LogP contribution is 2.21. The van der Waals surface area contributed by atoms with Gasteiger partial charge in [0.25, 0.3) is 11.8 Å². The van der Waals surface area contributed by atoms with Gasteiger partial charge in [-0.05, 0) is 48.6 Å². The second kappa shape index (κ2) is 7.58. The first-order valence-electron chi connectivity index (χ1n) is 7.99. The van der Waals surface area contributed by atoms with Crippen molar-refractivity contribution in [3.8, 4) is 5.75 Å². The number of benzene rings is 2. The minimum absolute atomic E-state index is 0.0767. The molecular weight excluding hydrogens is 371 g/mol. The molecule has 0 aliphatic carbocycles. The molecule has 140 valence electrons. The van der Waals surface area contributed by atoms with Gasteiger partial charge in [-0.2, -0.15) is 0 Å². The Morgan fingerprint density at radius 2 is 1.89 bits per heavy atom. The molecule has 0 bridgehead atoms. The summed E-state index contributed by atoms with van der Waals surface area (Å²) >= 11 is 5.00. The molecule has 0 saturated heterocycles. The quantitative estimate of drug-likeness (QED) is 0.586. The second-order valence-electron chi connectivity index (χ2n) is 6.01. The van der Waals surface area contributed by atoms with Crippen LogP contribution < -0.4 is 10.1 Å². The average Bonchev–Trinajstić information content (AvgIpc) is 2.99. The molecule has 2 amide bonds. The van der Waals surface area contributed by atoms with Gasteiger partial charge in [0.2, 0.25) is 0 Å². The Hall–Kier alpha value is -3.20. The van der Waals surface area contributed by atoms with E-state index >= 15 is 0 Å². The Labute approximate surface area is 159 Å². The molecular formula is C18H17FN4O3S. The molecule has 0 aliphatic heterocycles. The highest BCUT2D eigenvalue weighted by atomic mass is 32.1. The number of amides is 2. The van der Waals surface area contributed by atoms with Crippen LogP contribution in [0.2, 0.25) is 0 Å². The van der Waals surface area contributed by atoms with Crippen LogP contribution in [0.15, 0.2) is 36.4 Å². The monoisotopic (exact) mass is 388 g/mol. The molecule has 0 spiro atoms. The van der Waals surface area contributed by atoms with Crippen molar-refractivity contribution < 1.29 is 18.7 Å². The van der Waals surface area contributed by atoms with E-state index in [4.69, 9.17) is 17.0 Å². The fourth-order valence-corrected chi connectivity index (χ4v) is 2.61. The number of hydrogen-bond acceptors (Lipinski definition) is 4. The summed E-state index contributed by atoms with van der Waals surface area (Å²) in [6.07, 6.45) is 0. The zero-order chi connectivity index (χ0) is 19.6. The summed E-state index contributed by atoms with van der Waals surface area (Å²) in [5.41, 5.74) is 1.48. The molecule has 0 radical (unpaired) electrons. The lowest BCUT2D eigenvalue weighted by Crippen LogP contribution is -2.27. The molecule has 27 heavy (non-hydrogen) atoms. The van der Waals surface area contributed by atoms with Gasteiger partial charge in [-0.15, -0.1) is 0 Å². The molecule has 3 rings (SSSR count). The summed E-state index contributed by atoms with van der Waals surface area (Å²) in [7, 11) is 3.29. The third kappa shape index (κ3) is 4.32. The van der Waals surface area contributed by atoms with Gasteiger partial charge in [-0.25, -0.2) is 4.39 Å². The van der Waals surface area contributed by atoms with E-state index in [9.17, 15) is 14.0 Å². The third-order valence-electron chi connectivity index (χ3n) is 3.81.